The predicted molar refractivity (Wildman–Crippen MR) is 62.3 cm³/mol. The predicted octanol–water partition coefficient (Wildman–Crippen LogP) is 1.62. The quantitative estimate of drug-likeness (QED) is 0.234. The summed E-state index contributed by atoms with van der Waals surface area (Å²) in [6, 6.07) is 1.39. The summed E-state index contributed by atoms with van der Waals surface area (Å²) in [5.41, 5.74) is -0.0177. The summed E-state index contributed by atoms with van der Waals surface area (Å²) in [5, 5.41) is 0. The summed E-state index contributed by atoms with van der Waals surface area (Å²) >= 11 is 4.27. The first kappa shape index (κ1) is 12.2. The number of ether oxygens (including phenoxy) is 2. The third-order valence-electron chi connectivity index (χ3n) is 1.17. The normalized spacial score (nSPS) is 12.0. The standard InChI is InChI=1S/C6H15IO2SSi/c1-8-6(9-2)10-11-5-3-4-7/h6H,3-5,11H2,1-2H3. The summed E-state index contributed by atoms with van der Waals surface area (Å²) in [4.78, 5) is 0. The molecule has 68 valence electrons. The molecule has 0 fully saturated rings. The van der Waals surface area contributed by atoms with E-state index in [0.29, 0.717) is 0 Å². The van der Waals surface area contributed by atoms with Crippen molar-refractivity contribution in [3.8, 4) is 0 Å². The number of halogens is 1. The zero-order valence-corrected chi connectivity index (χ0v) is 11.4. The third kappa shape index (κ3) is 7.57. The summed E-state index contributed by atoms with van der Waals surface area (Å²) in [6.07, 6.45) is 1.35. The van der Waals surface area contributed by atoms with Crippen LogP contribution >= 0.6 is 33.8 Å². The zero-order chi connectivity index (χ0) is 8.53. The Balaban J connectivity index is 3.07. The Morgan fingerprint density at radius 3 is 2.55 bits per heavy atom. The Labute approximate surface area is 88.4 Å². The van der Waals surface area contributed by atoms with Crippen LogP contribution in [0.4, 0.5) is 0 Å². The molecule has 0 atom stereocenters. The van der Waals surface area contributed by atoms with Gasteiger partial charge in [0.25, 0.3) is 0 Å². The Morgan fingerprint density at radius 1 is 1.45 bits per heavy atom. The van der Waals surface area contributed by atoms with Crippen molar-refractivity contribution in [3.63, 3.8) is 0 Å². The Bertz CT molecular complexity index is 83.0. The molecule has 11 heavy (non-hydrogen) atoms. The maximum Gasteiger partial charge on any atom is 0.200 e. The summed E-state index contributed by atoms with van der Waals surface area (Å²) in [5.74, 6) is 0. The van der Waals surface area contributed by atoms with E-state index in [1.54, 1.807) is 14.2 Å². The van der Waals surface area contributed by atoms with E-state index in [1.165, 1.54) is 16.9 Å². The van der Waals surface area contributed by atoms with Gasteiger partial charge >= 0.3 is 0 Å². The molecule has 5 heteroatoms. The Hall–Kier alpha value is 1.22. The van der Waals surface area contributed by atoms with E-state index in [0.717, 1.165) is 0 Å². The van der Waals surface area contributed by atoms with Gasteiger partial charge in [-0.15, -0.1) is 11.2 Å². The van der Waals surface area contributed by atoms with Gasteiger partial charge < -0.3 is 9.47 Å². The van der Waals surface area contributed by atoms with E-state index >= 15 is 0 Å². The van der Waals surface area contributed by atoms with Gasteiger partial charge in [-0.1, -0.05) is 28.6 Å². The second kappa shape index (κ2) is 9.31. The van der Waals surface area contributed by atoms with Crippen molar-refractivity contribution in [1.29, 1.82) is 0 Å². The van der Waals surface area contributed by atoms with Crippen LogP contribution in [0.25, 0.3) is 0 Å². The highest BCUT2D eigenvalue weighted by atomic mass is 127. The Kier molecular flexibility index (Phi) is 10.3. The van der Waals surface area contributed by atoms with Crippen LogP contribution in [0.2, 0.25) is 6.04 Å². The van der Waals surface area contributed by atoms with Crippen molar-refractivity contribution < 1.29 is 9.47 Å². The topological polar surface area (TPSA) is 18.5 Å². The fourth-order valence-corrected chi connectivity index (χ4v) is 5.76. The van der Waals surface area contributed by atoms with Crippen LogP contribution in [0.3, 0.4) is 0 Å². The lowest BCUT2D eigenvalue weighted by molar-refractivity contribution is -0.0333. The molecule has 0 spiro atoms. The minimum Gasteiger partial charge on any atom is -0.347 e. The van der Waals surface area contributed by atoms with E-state index in [-0.39, 0.29) is 14.3 Å². The maximum absolute atomic E-state index is 5.05. The number of hydrogen-bond donors (Lipinski definition) is 0. The number of rotatable bonds is 7. The lowest BCUT2D eigenvalue weighted by atomic mass is 10.6. The molecule has 0 amide bonds. The zero-order valence-electron chi connectivity index (χ0n) is 7.01. The number of hydrogen-bond acceptors (Lipinski definition) is 3. The van der Waals surface area contributed by atoms with E-state index in [2.05, 4.69) is 22.6 Å². The Morgan fingerprint density at radius 2 is 2.09 bits per heavy atom. The molecule has 0 aromatic rings. The van der Waals surface area contributed by atoms with Crippen molar-refractivity contribution in [1.82, 2.24) is 0 Å². The monoisotopic (exact) mass is 306 g/mol. The van der Waals surface area contributed by atoms with Gasteiger partial charge in [0.2, 0.25) is 0 Å². The third-order valence-corrected chi connectivity index (χ3v) is 6.00. The average molecular weight is 306 g/mol. The molecule has 0 rings (SSSR count). The highest BCUT2D eigenvalue weighted by Gasteiger charge is 2.03. The maximum atomic E-state index is 5.05. The van der Waals surface area contributed by atoms with Crippen LogP contribution in [-0.4, -0.2) is 32.9 Å². The second-order valence-corrected chi connectivity index (χ2v) is 7.16. The van der Waals surface area contributed by atoms with Crippen LogP contribution in [0, 0.1) is 0 Å². The fourth-order valence-electron chi connectivity index (χ4n) is 0.608. The molecule has 0 N–H and O–H groups in total. The van der Waals surface area contributed by atoms with Crippen molar-refractivity contribution in [3.05, 3.63) is 0 Å². The van der Waals surface area contributed by atoms with Crippen LogP contribution in [0.5, 0.6) is 0 Å². The van der Waals surface area contributed by atoms with Gasteiger partial charge in [-0.05, 0) is 10.8 Å². The van der Waals surface area contributed by atoms with Gasteiger partial charge in [0.15, 0.2) is 5.62 Å². The summed E-state index contributed by atoms with van der Waals surface area (Å²) in [6.45, 7) is 0. The van der Waals surface area contributed by atoms with Crippen LogP contribution < -0.4 is 0 Å². The van der Waals surface area contributed by atoms with E-state index < -0.39 is 0 Å². The molecule has 0 aliphatic rings. The average Bonchev–Trinajstić information content (AvgIpc) is 2.05. The van der Waals surface area contributed by atoms with Crippen LogP contribution in [0.15, 0.2) is 0 Å². The SMILES string of the molecule is COC(OC)S[SiH2]CCCI. The summed E-state index contributed by atoms with van der Waals surface area (Å²) in [7, 11) is 3.37. The smallest absolute Gasteiger partial charge is 0.200 e. The largest absolute Gasteiger partial charge is 0.347 e. The summed E-state index contributed by atoms with van der Waals surface area (Å²) < 4.78 is 11.4. The highest BCUT2D eigenvalue weighted by molar-refractivity contribution is 14.1. The molecular weight excluding hydrogens is 291 g/mol. The first-order valence-corrected chi connectivity index (χ1v) is 8.89. The van der Waals surface area contributed by atoms with Crippen LogP contribution in [-0.2, 0) is 9.47 Å². The van der Waals surface area contributed by atoms with Gasteiger partial charge in [-0.2, -0.15) is 0 Å². The molecule has 0 aromatic heterocycles. The molecule has 0 heterocycles. The van der Waals surface area contributed by atoms with Crippen molar-refractivity contribution >= 4 is 42.5 Å². The molecule has 0 radical (unpaired) electrons. The number of methoxy groups -OCH3 is 2. The molecule has 0 bridgehead atoms. The molecule has 0 aliphatic carbocycles. The fraction of sp³-hybridized carbons (Fsp3) is 1.00. The molecule has 0 saturated heterocycles. The van der Waals surface area contributed by atoms with E-state index in [9.17, 15) is 0 Å². The van der Waals surface area contributed by atoms with Crippen molar-refractivity contribution in [2.75, 3.05) is 18.6 Å². The van der Waals surface area contributed by atoms with E-state index in [1.807, 2.05) is 11.2 Å². The van der Waals surface area contributed by atoms with Crippen molar-refractivity contribution in [2.45, 2.75) is 18.1 Å². The minimum absolute atomic E-state index is 0.00724. The number of alkyl halides is 1. The molecule has 0 unspecified atom stereocenters. The molecule has 0 aromatic carbocycles. The minimum atomic E-state index is -0.0177. The lowest BCUT2D eigenvalue weighted by Crippen LogP contribution is -2.09. The van der Waals surface area contributed by atoms with E-state index in [4.69, 9.17) is 9.47 Å². The molecule has 2 nitrogen and oxygen atoms in total. The van der Waals surface area contributed by atoms with Gasteiger partial charge in [-0.25, -0.2) is 0 Å². The second-order valence-electron chi connectivity index (χ2n) is 2.03. The molecule has 0 aliphatic heterocycles. The van der Waals surface area contributed by atoms with Crippen molar-refractivity contribution in [2.24, 2.45) is 0 Å². The highest BCUT2D eigenvalue weighted by Crippen LogP contribution is 2.12. The lowest BCUT2D eigenvalue weighted by Gasteiger charge is -2.11. The van der Waals surface area contributed by atoms with Crippen LogP contribution in [0.1, 0.15) is 6.42 Å². The van der Waals surface area contributed by atoms with Gasteiger partial charge in [0.1, 0.15) is 0 Å². The molecular formula is C6H15IO2SSi. The first-order valence-electron chi connectivity index (χ1n) is 3.58. The van der Waals surface area contributed by atoms with Gasteiger partial charge in [0, 0.05) is 14.2 Å². The first-order chi connectivity index (χ1) is 5.35. The van der Waals surface area contributed by atoms with Gasteiger partial charge in [0.05, 0.1) is 8.67 Å². The van der Waals surface area contributed by atoms with Gasteiger partial charge in [-0.3, -0.25) is 0 Å². The molecule has 0 saturated carbocycles.